The third-order valence-corrected chi connectivity index (χ3v) is 2.25. The molecule has 0 spiro atoms. The lowest BCUT2D eigenvalue weighted by Gasteiger charge is -2.10. The zero-order valence-electron chi connectivity index (χ0n) is 9.43. The molecule has 0 saturated carbocycles. The number of benzene rings is 1. The summed E-state index contributed by atoms with van der Waals surface area (Å²) in [5, 5.41) is 17.8. The maximum absolute atomic E-state index is 10.5. The number of aryl methyl sites for hydroxylation is 1. The van der Waals surface area contributed by atoms with Crippen LogP contribution in [-0.4, -0.2) is 28.9 Å². The third kappa shape index (κ3) is 3.24. The molecule has 4 heteroatoms. The van der Waals surface area contributed by atoms with Gasteiger partial charge in [0.25, 0.3) is 0 Å². The SMILES string of the molecule is CCOc1ccc(CC(O)C(=O)O)cc1C. The first kappa shape index (κ1) is 12.5. The Hall–Kier alpha value is -1.55. The fourth-order valence-electron chi connectivity index (χ4n) is 1.47. The lowest BCUT2D eigenvalue weighted by Crippen LogP contribution is -2.21. The van der Waals surface area contributed by atoms with Gasteiger partial charge in [-0.05, 0) is 31.0 Å². The van der Waals surface area contributed by atoms with Crippen LogP contribution in [0.3, 0.4) is 0 Å². The molecule has 0 aromatic heterocycles. The van der Waals surface area contributed by atoms with Gasteiger partial charge in [-0.1, -0.05) is 12.1 Å². The Bertz CT molecular complexity index is 373. The Labute approximate surface area is 94.5 Å². The molecule has 0 fully saturated rings. The smallest absolute Gasteiger partial charge is 0.332 e. The van der Waals surface area contributed by atoms with Crippen LogP contribution in [0.4, 0.5) is 0 Å². The van der Waals surface area contributed by atoms with Crippen molar-refractivity contribution in [3.63, 3.8) is 0 Å². The standard InChI is InChI=1S/C12H16O4/c1-3-16-11-5-4-9(6-8(11)2)7-10(13)12(14)15/h4-6,10,13H,3,7H2,1-2H3,(H,14,15). The molecule has 16 heavy (non-hydrogen) atoms. The summed E-state index contributed by atoms with van der Waals surface area (Å²) in [5.74, 6) is -0.414. The highest BCUT2D eigenvalue weighted by Gasteiger charge is 2.14. The largest absolute Gasteiger partial charge is 0.494 e. The van der Waals surface area contributed by atoms with E-state index in [2.05, 4.69) is 0 Å². The number of carboxylic acid groups (broad SMARTS) is 1. The van der Waals surface area contributed by atoms with Gasteiger partial charge in [-0.15, -0.1) is 0 Å². The summed E-state index contributed by atoms with van der Waals surface area (Å²) >= 11 is 0. The van der Waals surface area contributed by atoms with Crippen LogP contribution >= 0.6 is 0 Å². The molecule has 0 radical (unpaired) electrons. The predicted molar refractivity (Wildman–Crippen MR) is 59.7 cm³/mol. The van der Waals surface area contributed by atoms with E-state index in [0.717, 1.165) is 16.9 Å². The predicted octanol–water partition coefficient (Wildman–Crippen LogP) is 1.38. The average molecular weight is 224 g/mol. The molecule has 1 unspecified atom stereocenters. The second-order valence-corrected chi connectivity index (χ2v) is 3.59. The van der Waals surface area contributed by atoms with Gasteiger partial charge in [0, 0.05) is 6.42 Å². The Kier molecular flexibility index (Phi) is 4.31. The maximum atomic E-state index is 10.5. The summed E-state index contributed by atoms with van der Waals surface area (Å²) in [7, 11) is 0. The maximum Gasteiger partial charge on any atom is 0.332 e. The lowest BCUT2D eigenvalue weighted by atomic mass is 10.0. The molecule has 0 saturated heterocycles. The number of rotatable bonds is 5. The van der Waals surface area contributed by atoms with Gasteiger partial charge >= 0.3 is 5.97 Å². The minimum absolute atomic E-state index is 0.114. The Morgan fingerprint density at radius 3 is 2.69 bits per heavy atom. The van der Waals surface area contributed by atoms with E-state index in [1.54, 1.807) is 12.1 Å². The second kappa shape index (κ2) is 5.51. The molecule has 0 amide bonds. The summed E-state index contributed by atoms with van der Waals surface area (Å²) < 4.78 is 5.37. The van der Waals surface area contributed by atoms with Crippen molar-refractivity contribution in [3.05, 3.63) is 29.3 Å². The van der Waals surface area contributed by atoms with E-state index in [-0.39, 0.29) is 6.42 Å². The highest BCUT2D eigenvalue weighted by atomic mass is 16.5. The summed E-state index contributed by atoms with van der Waals surface area (Å²) in [4.78, 5) is 10.5. The van der Waals surface area contributed by atoms with Crippen LogP contribution < -0.4 is 4.74 Å². The van der Waals surface area contributed by atoms with E-state index in [1.807, 2.05) is 19.9 Å². The summed E-state index contributed by atoms with van der Waals surface area (Å²) in [6.07, 6.45) is -1.24. The van der Waals surface area contributed by atoms with Crippen LogP contribution in [-0.2, 0) is 11.2 Å². The van der Waals surface area contributed by atoms with Gasteiger partial charge in [0.05, 0.1) is 6.61 Å². The molecule has 0 aliphatic carbocycles. The summed E-state index contributed by atoms with van der Waals surface area (Å²) in [6.45, 7) is 4.39. The number of hydrogen-bond donors (Lipinski definition) is 2. The van der Waals surface area contributed by atoms with E-state index >= 15 is 0 Å². The summed E-state index contributed by atoms with van der Waals surface area (Å²) in [6, 6.07) is 5.39. The first-order valence-electron chi connectivity index (χ1n) is 5.17. The average Bonchev–Trinajstić information content (AvgIpc) is 2.22. The quantitative estimate of drug-likeness (QED) is 0.793. The van der Waals surface area contributed by atoms with Crippen molar-refractivity contribution < 1.29 is 19.7 Å². The zero-order chi connectivity index (χ0) is 12.1. The van der Waals surface area contributed by atoms with Gasteiger partial charge in [0.15, 0.2) is 6.10 Å². The van der Waals surface area contributed by atoms with Gasteiger partial charge in [-0.3, -0.25) is 0 Å². The van der Waals surface area contributed by atoms with Crippen molar-refractivity contribution in [3.8, 4) is 5.75 Å². The normalized spacial score (nSPS) is 12.2. The topological polar surface area (TPSA) is 66.8 Å². The molecule has 1 aromatic rings. The van der Waals surface area contributed by atoms with Crippen molar-refractivity contribution in [1.29, 1.82) is 0 Å². The molecule has 88 valence electrons. The van der Waals surface area contributed by atoms with Crippen molar-refractivity contribution >= 4 is 5.97 Å². The van der Waals surface area contributed by atoms with Gasteiger partial charge in [-0.25, -0.2) is 4.79 Å². The Balaban J connectivity index is 2.77. The molecular weight excluding hydrogens is 208 g/mol. The van der Waals surface area contributed by atoms with Crippen molar-refractivity contribution in [2.45, 2.75) is 26.4 Å². The zero-order valence-corrected chi connectivity index (χ0v) is 9.43. The van der Waals surface area contributed by atoms with E-state index in [4.69, 9.17) is 9.84 Å². The molecule has 4 nitrogen and oxygen atoms in total. The minimum atomic E-state index is -1.35. The number of aliphatic hydroxyl groups excluding tert-OH is 1. The van der Waals surface area contributed by atoms with Gasteiger partial charge < -0.3 is 14.9 Å². The Morgan fingerprint density at radius 2 is 2.19 bits per heavy atom. The fourth-order valence-corrected chi connectivity index (χ4v) is 1.47. The van der Waals surface area contributed by atoms with E-state index in [1.165, 1.54) is 0 Å². The van der Waals surface area contributed by atoms with Crippen molar-refractivity contribution in [2.24, 2.45) is 0 Å². The van der Waals surface area contributed by atoms with Crippen LogP contribution in [0.2, 0.25) is 0 Å². The molecular formula is C12H16O4. The van der Waals surface area contributed by atoms with Crippen LogP contribution in [0.1, 0.15) is 18.1 Å². The highest BCUT2D eigenvalue weighted by molar-refractivity contribution is 5.72. The van der Waals surface area contributed by atoms with Crippen LogP contribution in [0.15, 0.2) is 18.2 Å². The number of aliphatic carboxylic acids is 1. The molecule has 1 aromatic carbocycles. The third-order valence-electron chi connectivity index (χ3n) is 2.25. The monoisotopic (exact) mass is 224 g/mol. The number of carboxylic acids is 1. The first-order chi connectivity index (χ1) is 7.54. The van der Waals surface area contributed by atoms with E-state index < -0.39 is 12.1 Å². The second-order valence-electron chi connectivity index (χ2n) is 3.59. The van der Waals surface area contributed by atoms with Crippen molar-refractivity contribution in [2.75, 3.05) is 6.61 Å². The molecule has 0 aliphatic heterocycles. The molecule has 2 N–H and O–H groups in total. The number of ether oxygens (including phenoxy) is 1. The lowest BCUT2D eigenvalue weighted by molar-refractivity contribution is -0.146. The number of aliphatic hydroxyl groups is 1. The van der Waals surface area contributed by atoms with Crippen molar-refractivity contribution in [1.82, 2.24) is 0 Å². The number of hydrogen-bond acceptors (Lipinski definition) is 3. The van der Waals surface area contributed by atoms with Gasteiger partial charge in [-0.2, -0.15) is 0 Å². The fraction of sp³-hybridized carbons (Fsp3) is 0.417. The van der Waals surface area contributed by atoms with Crippen LogP contribution in [0.5, 0.6) is 5.75 Å². The molecule has 0 aliphatic rings. The molecule has 1 atom stereocenters. The van der Waals surface area contributed by atoms with Crippen LogP contribution in [0.25, 0.3) is 0 Å². The summed E-state index contributed by atoms with van der Waals surface area (Å²) in [5.41, 5.74) is 1.73. The van der Waals surface area contributed by atoms with Gasteiger partial charge in [0.1, 0.15) is 5.75 Å². The minimum Gasteiger partial charge on any atom is -0.494 e. The number of carbonyl (C=O) groups is 1. The molecule has 0 bridgehead atoms. The Morgan fingerprint density at radius 1 is 1.50 bits per heavy atom. The highest BCUT2D eigenvalue weighted by Crippen LogP contribution is 2.19. The first-order valence-corrected chi connectivity index (χ1v) is 5.17. The van der Waals surface area contributed by atoms with E-state index in [9.17, 15) is 9.90 Å². The molecule has 1 rings (SSSR count). The van der Waals surface area contributed by atoms with E-state index in [0.29, 0.717) is 6.61 Å². The van der Waals surface area contributed by atoms with Crippen LogP contribution in [0, 0.1) is 6.92 Å². The van der Waals surface area contributed by atoms with Gasteiger partial charge in [0.2, 0.25) is 0 Å². The molecule has 0 heterocycles.